The van der Waals surface area contributed by atoms with Gasteiger partial charge in [-0.05, 0) is 31.4 Å². The quantitative estimate of drug-likeness (QED) is 0.799. The first kappa shape index (κ1) is 16.3. The van der Waals surface area contributed by atoms with Crippen LogP contribution in [0.25, 0.3) is 0 Å². The van der Waals surface area contributed by atoms with Crippen LogP contribution in [0.1, 0.15) is 32.6 Å². The van der Waals surface area contributed by atoms with E-state index in [1.165, 1.54) is 0 Å². The molecule has 120 valence electrons. The summed E-state index contributed by atoms with van der Waals surface area (Å²) in [6.07, 6.45) is 3.32. The molecule has 5 nitrogen and oxygen atoms in total. The van der Waals surface area contributed by atoms with E-state index in [9.17, 15) is 9.59 Å². The zero-order valence-corrected chi connectivity index (χ0v) is 13.1. The molecular weight excluding hydrogens is 280 g/mol. The van der Waals surface area contributed by atoms with Gasteiger partial charge in [0.25, 0.3) is 5.91 Å². The normalized spacial score (nSPS) is 15.7. The lowest BCUT2D eigenvalue weighted by molar-refractivity contribution is -0.129. The van der Waals surface area contributed by atoms with Crippen LogP contribution in [0.2, 0.25) is 0 Å². The van der Waals surface area contributed by atoms with E-state index in [-0.39, 0.29) is 24.5 Å². The number of rotatable bonds is 8. The summed E-state index contributed by atoms with van der Waals surface area (Å²) < 4.78 is 5.39. The molecule has 1 unspecified atom stereocenters. The van der Waals surface area contributed by atoms with Gasteiger partial charge in [-0.3, -0.25) is 9.59 Å². The number of hydrogen-bond acceptors (Lipinski definition) is 3. The van der Waals surface area contributed by atoms with Crippen molar-refractivity contribution in [3.8, 4) is 5.75 Å². The Bertz CT molecular complexity index is 490. The number of carbonyl (C=O) groups is 2. The molecule has 22 heavy (non-hydrogen) atoms. The zero-order chi connectivity index (χ0) is 15.8. The minimum absolute atomic E-state index is 0.0173. The fourth-order valence-corrected chi connectivity index (χ4v) is 2.73. The van der Waals surface area contributed by atoms with E-state index in [0.29, 0.717) is 18.7 Å². The van der Waals surface area contributed by atoms with Crippen LogP contribution in [0, 0.1) is 0 Å². The molecule has 1 aliphatic heterocycles. The summed E-state index contributed by atoms with van der Waals surface area (Å²) in [7, 11) is 0. The summed E-state index contributed by atoms with van der Waals surface area (Å²) in [5.41, 5.74) is 0. The van der Waals surface area contributed by atoms with Gasteiger partial charge >= 0.3 is 0 Å². The van der Waals surface area contributed by atoms with Gasteiger partial charge in [-0.2, -0.15) is 0 Å². The van der Waals surface area contributed by atoms with E-state index in [2.05, 4.69) is 12.2 Å². The monoisotopic (exact) mass is 304 g/mol. The Balaban J connectivity index is 1.66. The number of hydrogen-bond donors (Lipinski definition) is 1. The van der Waals surface area contributed by atoms with Gasteiger partial charge in [0.05, 0.1) is 0 Å². The number of carbonyl (C=O) groups excluding carboxylic acids is 2. The van der Waals surface area contributed by atoms with Crippen molar-refractivity contribution in [2.24, 2.45) is 0 Å². The number of amides is 2. The van der Waals surface area contributed by atoms with Gasteiger partial charge in [0.15, 0.2) is 6.61 Å². The smallest absolute Gasteiger partial charge is 0.257 e. The number of nitrogens with zero attached hydrogens (tertiary/aromatic N) is 1. The number of likely N-dealkylation sites (tertiary alicyclic amines) is 1. The lowest BCUT2D eigenvalue weighted by Gasteiger charge is -2.26. The topological polar surface area (TPSA) is 58.6 Å². The highest BCUT2D eigenvalue weighted by atomic mass is 16.5. The van der Waals surface area contributed by atoms with E-state index in [4.69, 9.17) is 4.74 Å². The van der Waals surface area contributed by atoms with Crippen LogP contribution >= 0.6 is 0 Å². The summed E-state index contributed by atoms with van der Waals surface area (Å²) in [6.45, 7) is 3.52. The third-order valence-electron chi connectivity index (χ3n) is 3.93. The molecule has 2 rings (SSSR count). The lowest BCUT2D eigenvalue weighted by atomic mass is 10.1. The maximum absolute atomic E-state index is 11.8. The maximum atomic E-state index is 11.8. The van der Waals surface area contributed by atoms with Crippen molar-refractivity contribution in [1.29, 1.82) is 0 Å². The third kappa shape index (κ3) is 4.76. The Kier molecular flexibility index (Phi) is 6.25. The number of ether oxygens (including phenoxy) is 1. The van der Waals surface area contributed by atoms with Gasteiger partial charge in [-0.15, -0.1) is 0 Å². The average molecular weight is 304 g/mol. The fourth-order valence-electron chi connectivity index (χ4n) is 2.73. The Labute approximate surface area is 131 Å². The van der Waals surface area contributed by atoms with Crippen LogP contribution in [-0.4, -0.2) is 42.5 Å². The molecule has 1 aromatic carbocycles. The molecule has 1 aliphatic rings. The lowest BCUT2D eigenvalue weighted by Crippen LogP contribution is -2.39. The van der Waals surface area contributed by atoms with Gasteiger partial charge in [0.1, 0.15) is 5.75 Å². The molecule has 0 radical (unpaired) electrons. The third-order valence-corrected chi connectivity index (χ3v) is 3.93. The molecule has 0 saturated carbocycles. The van der Waals surface area contributed by atoms with Crippen LogP contribution in [-0.2, 0) is 9.59 Å². The maximum Gasteiger partial charge on any atom is 0.257 e. The highest BCUT2D eigenvalue weighted by molar-refractivity contribution is 5.78. The van der Waals surface area contributed by atoms with E-state index in [0.717, 1.165) is 25.8 Å². The molecule has 0 spiro atoms. The second kappa shape index (κ2) is 8.41. The van der Waals surface area contributed by atoms with Crippen molar-refractivity contribution in [3.05, 3.63) is 30.3 Å². The van der Waals surface area contributed by atoms with Crippen molar-refractivity contribution in [2.45, 2.75) is 38.6 Å². The molecule has 1 heterocycles. The summed E-state index contributed by atoms with van der Waals surface area (Å²) in [6, 6.07) is 9.50. The van der Waals surface area contributed by atoms with Crippen LogP contribution < -0.4 is 10.1 Å². The summed E-state index contributed by atoms with van der Waals surface area (Å²) in [5, 5.41) is 2.85. The van der Waals surface area contributed by atoms with Crippen molar-refractivity contribution in [3.63, 3.8) is 0 Å². The Morgan fingerprint density at radius 2 is 2.14 bits per heavy atom. The second-order valence-electron chi connectivity index (χ2n) is 5.49. The largest absolute Gasteiger partial charge is 0.484 e. The van der Waals surface area contributed by atoms with Crippen molar-refractivity contribution in [2.75, 3.05) is 19.7 Å². The van der Waals surface area contributed by atoms with Crippen LogP contribution in [0.3, 0.4) is 0 Å². The Morgan fingerprint density at radius 3 is 2.77 bits per heavy atom. The summed E-state index contributed by atoms with van der Waals surface area (Å²) >= 11 is 0. The Morgan fingerprint density at radius 1 is 1.36 bits per heavy atom. The molecule has 1 fully saturated rings. The van der Waals surface area contributed by atoms with E-state index in [1.54, 1.807) is 0 Å². The summed E-state index contributed by atoms with van der Waals surface area (Å²) in [5.74, 6) is 0.795. The van der Waals surface area contributed by atoms with Gasteiger partial charge in [0, 0.05) is 25.6 Å². The highest BCUT2D eigenvalue weighted by Gasteiger charge is 2.26. The molecular formula is C17H24N2O3. The number of nitrogens with one attached hydrogen (secondary N) is 1. The molecule has 0 aromatic heterocycles. The molecule has 1 atom stereocenters. The molecule has 2 amide bonds. The Hall–Kier alpha value is -2.04. The first-order valence-corrected chi connectivity index (χ1v) is 7.94. The SMILES string of the molecule is CCC(CCNC(=O)COc1ccccc1)N1CCCC1=O. The molecule has 0 bridgehead atoms. The zero-order valence-electron chi connectivity index (χ0n) is 13.1. The van der Waals surface area contributed by atoms with Crippen molar-refractivity contribution >= 4 is 11.8 Å². The van der Waals surface area contributed by atoms with E-state index in [1.807, 2.05) is 35.2 Å². The minimum Gasteiger partial charge on any atom is -0.484 e. The molecule has 0 aliphatic carbocycles. The predicted octanol–water partition coefficient (Wildman–Crippen LogP) is 1.97. The number of benzene rings is 1. The standard InChI is InChI=1S/C17H24N2O3/c1-2-14(19-12-6-9-17(19)21)10-11-18-16(20)13-22-15-7-4-3-5-8-15/h3-5,7-8,14H,2,6,9-13H2,1H3,(H,18,20). The van der Waals surface area contributed by atoms with Crippen LogP contribution in [0.5, 0.6) is 5.75 Å². The first-order valence-electron chi connectivity index (χ1n) is 7.94. The van der Waals surface area contributed by atoms with Crippen LogP contribution in [0.4, 0.5) is 0 Å². The minimum atomic E-state index is -0.133. The van der Waals surface area contributed by atoms with Gasteiger partial charge < -0.3 is 15.0 Å². The fraction of sp³-hybridized carbons (Fsp3) is 0.529. The predicted molar refractivity (Wildman–Crippen MR) is 84.6 cm³/mol. The summed E-state index contributed by atoms with van der Waals surface area (Å²) in [4.78, 5) is 25.5. The van der Waals surface area contributed by atoms with E-state index < -0.39 is 0 Å². The molecule has 1 N–H and O–H groups in total. The second-order valence-corrected chi connectivity index (χ2v) is 5.49. The first-order chi connectivity index (χ1) is 10.7. The van der Waals surface area contributed by atoms with Crippen molar-refractivity contribution < 1.29 is 14.3 Å². The highest BCUT2D eigenvalue weighted by Crippen LogP contribution is 2.17. The van der Waals surface area contributed by atoms with Gasteiger partial charge in [0.2, 0.25) is 5.91 Å². The molecule has 1 aromatic rings. The van der Waals surface area contributed by atoms with Gasteiger partial charge in [-0.25, -0.2) is 0 Å². The van der Waals surface area contributed by atoms with Crippen molar-refractivity contribution in [1.82, 2.24) is 10.2 Å². The average Bonchev–Trinajstić information content (AvgIpc) is 2.96. The molecule has 1 saturated heterocycles. The number of para-hydroxylation sites is 1. The van der Waals surface area contributed by atoms with Gasteiger partial charge in [-0.1, -0.05) is 25.1 Å². The van der Waals surface area contributed by atoms with Crippen LogP contribution in [0.15, 0.2) is 30.3 Å². The van der Waals surface area contributed by atoms with E-state index >= 15 is 0 Å². The molecule has 5 heteroatoms.